The molecule has 0 spiro atoms. The molecule has 0 aliphatic carbocycles. The molecule has 32 heavy (non-hydrogen) atoms. The summed E-state index contributed by atoms with van der Waals surface area (Å²) in [5, 5.41) is 2.88. The van der Waals surface area contributed by atoms with Gasteiger partial charge in [0, 0.05) is 13.8 Å². The zero-order valence-corrected chi connectivity index (χ0v) is 19.1. The van der Waals surface area contributed by atoms with Crippen molar-refractivity contribution in [2.75, 3.05) is 26.4 Å². The maximum absolute atomic E-state index is 11.8. The van der Waals surface area contributed by atoms with Crippen LogP contribution in [-0.4, -0.2) is 62.7 Å². The van der Waals surface area contributed by atoms with Crippen molar-refractivity contribution < 1.29 is 38.1 Å². The Labute approximate surface area is 188 Å². The van der Waals surface area contributed by atoms with Gasteiger partial charge in [0.25, 0.3) is 0 Å². The second-order valence-electron chi connectivity index (χ2n) is 7.86. The van der Waals surface area contributed by atoms with Gasteiger partial charge in [0.05, 0.1) is 25.4 Å². The van der Waals surface area contributed by atoms with E-state index in [1.165, 1.54) is 13.8 Å². The van der Waals surface area contributed by atoms with Crippen LogP contribution in [0.25, 0.3) is 0 Å². The van der Waals surface area contributed by atoms with Gasteiger partial charge in [-0.05, 0) is 17.4 Å². The molecular weight excluding hydrogens is 418 g/mol. The van der Waals surface area contributed by atoms with Crippen LogP contribution in [0, 0.1) is 11.8 Å². The Bertz CT molecular complexity index is 739. The van der Waals surface area contributed by atoms with Gasteiger partial charge in [-0.2, -0.15) is 0 Å². The van der Waals surface area contributed by atoms with Crippen LogP contribution in [0.1, 0.15) is 33.3 Å². The monoisotopic (exact) mass is 451 g/mol. The Hall–Kier alpha value is -2.49. The Morgan fingerprint density at radius 2 is 1.72 bits per heavy atom. The molecule has 0 radical (unpaired) electrons. The Morgan fingerprint density at radius 3 is 2.38 bits per heavy atom. The fourth-order valence-electron chi connectivity index (χ4n) is 3.42. The lowest BCUT2D eigenvalue weighted by atomic mass is 9.82. The smallest absolute Gasteiger partial charge is 0.332 e. The van der Waals surface area contributed by atoms with Gasteiger partial charge in [0.15, 0.2) is 6.29 Å². The van der Waals surface area contributed by atoms with Gasteiger partial charge >= 0.3 is 11.9 Å². The molecule has 1 aromatic carbocycles. The molecule has 1 aliphatic rings. The van der Waals surface area contributed by atoms with E-state index in [0.717, 1.165) is 5.56 Å². The zero-order valence-electron chi connectivity index (χ0n) is 19.1. The number of hydrogen-bond acceptors (Lipinski definition) is 8. The number of rotatable bonds is 11. The third kappa shape index (κ3) is 8.57. The first-order valence-corrected chi connectivity index (χ1v) is 10.7. The first kappa shape index (κ1) is 25.8. The highest BCUT2D eigenvalue weighted by atomic mass is 16.7. The summed E-state index contributed by atoms with van der Waals surface area (Å²) in [4.78, 5) is 34.6. The Kier molecular flexibility index (Phi) is 10.6. The molecule has 1 saturated heterocycles. The number of carbonyl (C=O) groups excluding carboxylic acids is 3. The van der Waals surface area contributed by atoms with E-state index < -0.39 is 12.3 Å². The molecule has 1 N–H and O–H groups in total. The number of amides is 1. The largest absolute Gasteiger partial charge is 0.463 e. The quantitative estimate of drug-likeness (QED) is 0.401. The number of esters is 2. The minimum Gasteiger partial charge on any atom is -0.463 e. The number of hydrogen-bond donors (Lipinski definition) is 1. The van der Waals surface area contributed by atoms with Crippen molar-refractivity contribution in [3.05, 3.63) is 35.9 Å². The highest BCUT2D eigenvalue weighted by Crippen LogP contribution is 2.31. The van der Waals surface area contributed by atoms with Crippen LogP contribution in [0.2, 0.25) is 0 Å². The fraction of sp³-hybridized carbons (Fsp3) is 0.609. The normalized spacial score (nSPS) is 25.1. The van der Waals surface area contributed by atoms with E-state index in [1.54, 1.807) is 0 Å². The highest BCUT2D eigenvalue weighted by Gasteiger charge is 2.42. The first-order valence-electron chi connectivity index (χ1n) is 10.7. The summed E-state index contributed by atoms with van der Waals surface area (Å²) in [5.41, 5.74) is 0.897. The zero-order chi connectivity index (χ0) is 23.5. The minimum atomic E-state index is -0.737. The summed E-state index contributed by atoms with van der Waals surface area (Å²) in [5.74, 6) is -0.999. The number of benzene rings is 1. The van der Waals surface area contributed by atoms with Gasteiger partial charge in [-0.1, -0.05) is 44.2 Å². The predicted molar refractivity (Wildman–Crippen MR) is 114 cm³/mol. The fourth-order valence-corrected chi connectivity index (χ4v) is 3.42. The van der Waals surface area contributed by atoms with Gasteiger partial charge in [-0.3, -0.25) is 9.59 Å². The summed E-state index contributed by atoms with van der Waals surface area (Å²) in [6.45, 7) is 7.14. The molecule has 9 nitrogen and oxygen atoms in total. The average Bonchev–Trinajstić information content (AvgIpc) is 2.76. The predicted octanol–water partition coefficient (Wildman–Crippen LogP) is 1.83. The van der Waals surface area contributed by atoms with Crippen LogP contribution in [0.3, 0.4) is 0 Å². The SMILES string of the molecule is CC(=O)N[C@H]1[C@H](OCCOCC(=O)OCc2ccccc2)O[C@H](COC(C)=O)[C@H](C)[C@@H]1C. The molecule has 9 heteroatoms. The van der Waals surface area contributed by atoms with Gasteiger partial charge in [-0.25, -0.2) is 4.79 Å². The van der Waals surface area contributed by atoms with E-state index in [2.05, 4.69) is 5.32 Å². The van der Waals surface area contributed by atoms with Gasteiger partial charge < -0.3 is 29.0 Å². The summed E-state index contributed by atoms with van der Waals surface area (Å²) in [7, 11) is 0. The molecule has 2 rings (SSSR count). The van der Waals surface area contributed by atoms with Gasteiger partial charge in [0.2, 0.25) is 5.91 Å². The molecule has 1 heterocycles. The lowest BCUT2D eigenvalue weighted by Gasteiger charge is -2.44. The molecule has 1 aliphatic heterocycles. The molecule has 0 saturated carbocycles. The van der Waals surface area contributed by atoms with Crippen LogP contribution in [0.4, 0.5) is 0 Å². The van der Waals surface area contributed by atoms with E-state index in [1.807, 2.05) is 44.2 Å². The van der Waals surface area contributed by atoms with E-state index >= 15 is 0 Å². The van der Waals surface area contributed by atoms with Crippen molar-refractivity contribution in [1.82, 2.24) is 5.32 Å². The summed E-state index contributed by atoms with van der Waals surface area (Å²) in [6.07, 6.45) is -1.10. The summed E-state index contributed by atoms with van der Waals surface area (Å²) >= 11 is 0. The van der Waals surface area contributed by atoms with E-state index in [-0.39, 0.29) is 68.9 Å². The third-order valence-electron chi connectivity index (χ3n) is 5.38. The first-order chi connectivity index (χ1) is 15.3. The number of carbonyl (C=O) groups is 3. The van der Waals surface area contributed by atoms with E-state index in [4.69, 9.17) is 23.7 Å². The molecule has 178 valence electrons. The molecule has 1 aromatic rings. The average molecular weight is 452 g/mol. The molecule has 0 unspecified atom stereocenters. The van der Waals surface area contributed by atoms with Crippen LogP contribution < -0.4 is 5.32 Å². The standard InChI is InChI=1S/C23H33NO8/c1-15-16(2)22(24-17(3)25)23(32-20(15)13-30-18(4)26)29-11-10-28-14-21(27)31-12-19-8-6-5-7-9-19/h5-9,15-16,20,22-23H,10-14H2,1-4H3,(H,24,25)/t15-,16+,20-,22-,23-/m1/s1. The van der Waals surface area contributed by atoms with Crippen LogP contribution >= 0.6 is 0 Å². The summed E-state index contributed by atoms with van der Waals surface area (Å²) < 4.78 is 27.4. The number of nitrogens with one attached hydrogen (secondary N) is 1. The Morgan fingerprint density at radius 1 is 1.00 bits per heavy atom. The van der Waals surface area contributed by atoms with Crippen LogP contribution in [0.5, 0.6) is 0 Å². The second-order valence-corrected chi connectivity index (χ2v) is 7.86. The lowest BCUT2D eigenvalue weighted by molar-refractivity contribution is -0.246. The van der Waals surface area contributed by atoms with Crippen molar-refractivity contribution in [3.8, 4) is 0 Å². The Balaban J connectivity index is 1.77. The van der Waals surface area contributed by atoms with Gasteiger partial charge in [0.1, 0.15) is 19.8 Å². The molecule has 1 amide bonds. The van der Waals surface area contributed by atoms with E-state index in [0.29, 0.717) is 0 Å². The summed E-state index contributed by atoms with van der Waals surface area (Å²) in [6, 6.07) is 9.00. The van der Waals surface area contributed by atoms with Crippen LogP contribution in [0.15, 0.2) is 30.3 Å². The topological polar surface area (TPSA) is 109 Å². The molecule has 0 aromatic heterocycles. The van der Waals surface area contributed by atoms with Crippen molar-refractivity contribution in [1.29, 1.82) is 0 Å². The van der Waals surface area contributed by atoms with Crippen molar-refractivity contribution in [2.45, 2.75) is 52.7 Å². The van der Waals surface area contributed by atoms with Crippen molar-refractivity contribution in [3.63, 3.8) is 0 Å². The molecule has 5 atom stereocenters. The third-order valence-corrected chi connectivity index (χ3v) is 5.38. The van der Waals surface area contributed by atoms with Crippen LogP contribution in [-0.2, 0) is 44.7 Å². The lowest BCUT2D eigenvalue weighted by Crippen LogP contribution is -2.58. The van der Waals surface area contributed by atoms with E-state index in [9.17, 15) is 14.4 Å². The van der Waals surface area contributed by atoms with Gasteiger partial charge in [-0.15, -0.1) is 0 Å². The maximum atomic E-state index is 11.8. The van der Waals surface area contributed by atoms with Crippen molar-refractivity contribution in [2.24, 2.45) is 11.8 Å². The minimum absolute atomic E-state index is 0.0205. The maximum Gasteiger partial charge on any atom is 0.332 e. The highest BCUT2D eigenvalue weighted by molar-refractivity contribution is 5.73. The van der Waals surface area contributed by atoms with Crippen molar-refractivity contribution >= 4 is 17.8 Å². The number of ether oxygens (including phenoxy) is 5. The molecular formula is C23H33NO8. The molecule has 1 fully saturated rings. The second kappa shape index (κ2) is 13.1. The molecule has 0 bridgehead atoms.